The predicted molar refractivity (Wildman–Crippen MR) is 63.1 cm³/mol. The van der Waals surface area contributed by atoms with Gasteiger partial charge in [-0.2, -0.15) is 0 Å². The third-order valence-corrected chi connectivity index (χ3v) is 2.94. The van der Waals surface area contributed by atoms with Gasteiger partial charge in [-0.3, -0.25) is 0 Å². The second-order valence-corrected chi connectivity index (χ2v) is 3.97. The van der Waals surface area contributed by atoms with Gasteiger partial charge >= 0.3 is 0 Å². The molecule has 0 saturated carbocycles. The Morgan fingerprint density at radius 1 is 1.07 bits per heavy atom. The van der Waals surface area contributed by atoms with Crippen molar-refractivity contribution in [2.75, 3.05) is 0 Å². The van der Waals surface area contributed by atoms with E-state index in [9.17, 15) is 0 Å². The van der Waals surface area contributed by atoms with E-state index in [4.69, 9.17) is 0 Å². The first-order valence-electron chi connectivity index (χ1n) is 5.10. The number of aromatic nitrogens is 2. The van der Waals surface area contributed by atoms with Crippen LogP contribution in [0.3, 0.4) is 0 Å². The largest absolute Gasteiger partial charge is 0.339 e. The number of hydrogen-bond acceptors (Lipinski definition) is 1. The number of nitrogens with one attached hydrogen (secondary N) is 1. The number of H-pyrrole nitrogens is 1. The average Bonchev–Trinajstić information content (AvgIpc) is 2.64. The van der Waals surface area contributed by atoms with Gasteiger partial charge in [-0.1, -0.05) is 12.1 Å². The standard InChI is InChI=1S/C13H12N2/c1-8-5-6-9(2)12-11(8)10-4-3-7-14-13(10)15-12/h3-7H,1-2H3,(H,14,15). The normalized spacial score (nSPS) is 11.3. The van der Waals surface area contributed by atoms with Crippen LogP contribution in [0.15, 0.2) is 30.5 Å². The molecule has 0 atom stereocenters. The molecule has 2 heteroatoms. The van der Waals surface area contributed by atoms with E-state index in [0.29, 0.717) is 0 Å². The second kappa shape index (κ2) is 2.83. The highest BCUT2D eigenvalue weighted by molar-refractivity contribution is 6.08. The summed E-state index contributed by atoms with van der Waals surface area (Å²) in [6, 6.07) is 8.41. The topological polar surface area (TPSA) is 28.7 Å². The number of rotatable bonds is 0. The SMILES string of the molecule is Cc1ccc(C)c2c1[nH]c1ncccc12. The van der Waals surface area contributed by atoms with Crippen LogP contribution in [0.5, 0.6) is 0 Å². The molecule has 0 aliphatic carbocycles. The first-order chi connectivity index (χ1) is 7.27. The van der Waals surface area contributed by atoms with E-state index in [1.165, 1.54) is 27.4 Å². The van der Waals surface area contributed by atoms with Gasteiger partial charge in [0, 0.05) is 17.0 Å². The van der Waals surface area contributed by atoms with Crippen molar-refractivity contribution in [2.45, 2.75) is 13.8 Å². The molecule has 0 radical (unpaired) electrons. The minimum Gasteiger partial charge on any atom is -0.339 e. The molecule has 3 rings (SSSR count). The number of nitrogens with zero attached hydrogens (tertiary/aromatic N) is 1. The van der Waals surface area contributed by atoms with Gasteiger partial charge in [0.05, 0.1) is 5.52 Å². The molecule has 1 N–H and O–H groups in total. The molecule has 0 aliphatic rings. The minimum absolute atomic E-state index is 0.977. The molecule has 3 aromatic rings. The summed E-state index contributed by atoms with van der Waals surface area (Å²) >= 11 is 0. The molecule has 0 saturated heterocycles. The van der Waals surface area contributed by atoms with Gasteiger partial charge in [-0.25, -0.2) is 4.98 Å². The maximum absolute atomic E-state index is 4.35. The zero-order valence-electron chi connectivity index (χ0n) is 8.83. The Morgan fingerprint density at radius 3 is 2.73 bits per heavy atom. The van der Waals surface area contributed by atoms with Crippen molar-refractivity contribution in [3.05, 3.63) is 41.6 Å². The Hall–Kier alpha value is -1.83. The lowest BCUT2D eigenvalue weighted by Gasteiger charge is -1.99. The molecule has 2 heterocycles. The second-order valence-electron chi connectivity index (χ2n) is 3.97. The third kappa shape index (κ3) is 1.08. The Balaban J connectivity index is 2.66. The van der Waals surface area contributed by atoms with Crippen molar-refractivity contribution in [3.63, 3.8) is 0 Å². The number of aryl methyl sites for hydroxylation is 2. The fraction of sp³-hybridized carbons (Fsp3) is 0.154. The maximum atomic E-state index is 4.35. The Labute approximate surface area is 88.0 Å². The first kappa shape index (κ1) is 8.48. The Bertz CT molecular complexity index is 650. The number of hydrogen-bond donors (Lipinski definition) is 1. The molecule has 0 bridgehead atoms. The monoisotopic (exact) mass is 196 g/mol. The van der Waals surface area contributed by atoms with Crippen molar-refractivity contribution in [1.82, 2.24) is 9.97 Å². The predicted octanol–water partition coefficient (Wildman–Crippen LogP) is 3.33. The molecule has 0 fully saturated rings. The van der Waals surface area contributed by atoms with Gasteiger partial charge in [0.1, 0.15) is 5.65 Å². The number of pyridine rings is 1. The average molecular weight is 196 g/mol. The van der Waals surface area contributed by atoms with Gasteiger partial charge in [-0.15, -0.1) is 0 Å². The van der Waals surface area contributed by atoms with Gasteiger partial charge in [-0.05, 0) is 37.1 Å². The van der Waals surface area contributed by atoms with E-state index in [0.717, 1.165) is 5.65 Å². The van der Waals surface area contributed by atoms with Crippen LogP contribution in [0.25, 0.3) is 21.9 Å². The highest BCUT2D eigenvalue weighted by Gasteiger charge is 2.08. The zero-order chi connectivity index (χ0) is 10.4. The van der Waals surface area contributed by atoms with Crippen molar-refractivity contribution in [3.8, 4) is 0 Å². The molecule has 2 aromatic heterocycles. The number of aromatic amines is 1. The van der Waals surface area contributed by atoms with E-state index < -0.39 is 0 Å². The van der Waals surface area contributed by atoms with E-state index in [2.05, 4.69) is 42.0 Å². The molecule has 74 valence electrons. The zero-order valence-corrected chi connectivity index (χ0v) is 8.83. The summed E-state index contributed by atoms with van der Waals surface area (Å²) in [6.07, 6.45) is 1.82. The van der Waals surface area contributed by atoms with Crippen LogP contribution < -0.4 is 0 Å². The van der Waals surface area contributed by atoms with Crippen LogP contribution in [0, 0.1) is 13.8 Å². The van der Waals surface area contributed by atoms with Crippen LogP contribution >= 0.6 is 0 Å². The van der Waals surface area contributed by atoms with Crippen LogP contribution in [-0.2, 0) is 0 Å². The molecule has 15 heavy (non-hydrogen) atoms. The summed E-state index contributed by atoms with van der Waals surface area (Å²) in [6.45, 7) is 4.26. The van der Waals surface area contributed by atoms with E-state index in [-0.39, 0.29) is 0 Å². The lowest BCUT2D eigenvalue weighted by molar-refractivity contribution is 1.33. The van der Waals surface area contributed by atoms with Gasteiger partial charge in [0.25, 0.3) is 0 Å². The van der Waals surface area contributed by atoms with Gasteiger partial charge < -0.3 is 4.98 Å². The number of fused-ring (bicyclic) bond motifs is 3. The summed E-state index contributed by atoms with van der Waals surface area (Å²) in [5.41, 5.74) is 4.76. The van der Waals surface area contributed by atoms with E-state index in [1.54, 1.807) is 0 Å². The summed E-state index contributed by atoms with van der Waals surface area (Å²) in [5, 5.41) is 2.52. The molecule has 0 aliphatic heterocycles. The van der Waals surface area contributed by atoms with Crippen molar-refractivity contribution < 1.29 is 0 Å². The smallest absolute Gasteiger partial charge is 0.138 e. The summed E-state index contributed by atoms with van der Waals surface area (Å²) in [7, 11) is 0. The van der Waals surface area contributed by atoms with Gasteiger partial charge in [0.2, 0.25) is 0 Å². The minimum atomic E-state index is 0.977. The third-order valence-electron chi connectivity index (χ3n) is 2.94. The Kier molecular flexibility index (Phi) is 1.60. The van der Waals surface area contributed by atoms with Crippen molar-refractivity contribution in [2.24, 2.45) is 0 Å². The summed E-state index contributed by atoms with van der Waals surface area (Å²) in [4.78, 5) is 7.72. The first-order valence-corrected chi connectivity index (χ1v) is 5.10. The quantitative estimate of drug-likeness (QED) is 0.587. The summed E-state index contributed by atoms with van der Waals surface area (Å²) < 4.78 is 0. The van der Waals surface area contributed by atoms with Crippen LogP contribution in [-0.4, -0.2) is 9.97 Å². The molecule has 2 nitrogen and oxygen atoms in total. The van der Waals surface area contributed by atoms with Gasteiger partial charge in [0.15, 0.2) is 0 Å². The van der Waals surface area contributed by atoms with Crippen LogP contribution in [0.1, 0.15) is 11.1 Å². The molecule has 0 amide bonds. The van der Waals surface area contributed by atoms with Crippen molar-refractivity contribution >= 4 is 21.9 Å². The fourth-order valence-corrected chi connectivity index (χ4v) is 2.14. The highest BCUT2D eigenvalue weighted by Crippen LogP contribution is 2.28. The number of benzene rings is 1. The summed E-state index contributed by atoms with van der Waals surface area (Å²) in [5.74, 6) is 0. The molecular weight excluding hydrogens is 184 g/mol. The van der Waals surface area contributed by atoms with E-state index >= 15 is 0 Å². The lowest BCUT2D eigenvalue weighted by atomic mass is 10.1. The fourth-order valence-electron chi connectivity index (χ4n) is 2.14. The van der Waals surface area contributed by atoms with Crippen molar-refractivity contribution in [1.29, 1.82) is 0 Å². The molecular formula is C13H12N2. The van der Waals surface area contributed by atoms with Crippen LogP contribution in [0.4, 0.5) is 0 Å². The Morgan fingerprint density at radius 2 is 1.87 bits per heavy atom. The highest BCUT2D eigenvalue weighted by atomic mass is 14.8. The van der Waals surface area contributed by atoms with E-state index in [1.807, 2.05) is 12.3 Å². The molecule has 1 aromatic carbocycles. The molecule has 0 unspecified atom stereocenters. The molecule has 0 spiro atoms. The van der Waals surface area contributed by atoms with Crippen LogP contribution in [0.2, 0.25) is 0 Å². The lowest BCUT2D eigenvalue weighted by Crippen LogP contribution is -1.79. The maximum Gasteiger partial charge on any atom is 0.138 e.